The molecule has 4 nitrogen and oxygen atoms in total. The topological polar surface area (TPSA) is 64.3 Å². The summed E-state index contributed by atoms with van der Waals surface area (Å²) >= 11 is 0. The summed E-state index contributed by atoms with van der Waals surface area (Å²) in [4.78, 5) is 11.6. The number of hydrogen-bond acceptors (Lipinski definition) is 3. The fraction of sp³-hybridized carbons (Fsp3) is 0.923. The molecule has 0 saturated heterocycles. The van der Waals surface area contributed by atoms with E-state index in [1.54, 1.807) is 20.8 Å². The molecule has 0 aliphatic heterocycles. The van der Waals surface area contributed by atoms with E-state index >= 15 is 0 Å². The molecule has 0 aromatic heterocycles. The summed E-state index contributed by atoms with van der Waals surface area (Å²) in [6, 6.07) is 0. The van der Waals surface area contributed by atoms with Crippen LogP contribution in [0.1, 0.15) is 40.5 Å². The molecular formula is C13H24F2N2O2. The molecule has 1 fully saturated rings. The quantitative estimate of drug-likeness (QED) is 0.830. The van der Waals surface area contributed by atoms with Crippen LogP contribution in [0.5, 0.6) is 0 Å². The Labute approximate surface area is 113 Å². The Bertz CT molecular complexity index is 334. The van der Waals surface area contributed by atoms with E-state index in [1.165, 1.54) is 0 Å². The van der Waals surface area contributed by atoms with Crippen LogP contribution in [-0.4, -0.2) is 30.7 Å². The average Bonchev–Trinajstić information content (AvgIpc) is 2.20. The van der Waals surface area contributed by atoms with Gasteiger partial charge in [0.05, 0.1) is 0 Å². The van der Waals surface area contributed by atoms with E-state index in [9.17, 15) is 13.6 Å². The molecule has 1 saturated carbocycles. The molecule has 1 aliphatic carbocycles. The predicted octanol–water partition coefficient (Wildman–Crippen LogP) is 2.52. The molecule has 0 aromatic rings. The Morgan fingerprint density at radius 2 is 1.89 bits per heavy atom. The second-order valence-electron chi connectivity index (χ2n) is 6.67. The van der Waals surface area contributed by atoms with Gasteiger partial charge in [-0.25, -0.2) is 13.6 Å². The first kappa shape index (κ1) is 16.1. The highest BCUT2D eigenvalue weighted by Gasteiger charge is 2.52. The first-order valence-corrected chi connectivity index (χ1v) is 6.52. The van der Waals surface area contributed by atoms with Crippen molar-refractivity contribution in [3.8, 4) is 0 Å². The van der Waals surface area contributed by atoms with Crippen molar-refractivity contribution in [3.63, 3.8) is 0 Å². The third-order valence-corrected chi connectivity index (χ3v) is 3.58. The van der Waals surface area contributed by atoms with Crippen LogP contribution in [0.15, 0.2) is 0 Å². The highest BCUT2D eigenvalue weighted by molar-refractivity contribution is 5.67. The smallest absolute Gasteiger partial charge is 0.407 e. The molecule has 1 rings (SSSR count). The molecule has 19 heavy (non-hydrogen) atoms. The van der Waals surface area contributed by atoms with Crippen molar-refractivity contribution in [1.29, 1.82) is 0 Å². The van der Waals surface area contributed by atoms with Crippen molar-refractivity contribution in [1.82, 2.24) is 5.32 Å². The highest BCUT2D eigenvalue weighted by Crippen LogP contribution is 2.50. The maximum Gasteiger partial charge on any atom is 0.407 e. The lowest BCUT2D eigenvalue weighted by atomic mass is 9.64. The largest absolute Gasteiger partial charge is 0.444 e. The zero-order chi connectivity index (χ0) is 14.9. The fourth-order valence-electron chi connectivity index (χ4n) is 2.13. The lowest BCUT2D eigenvalue weighted by molar-refractivity contribution is -0.142. The first-order chi connectivity index (χ1) is 8.47. The van der Waals surface area contributed by atoms with Crippen LogP contribution in [0.25, 0.3) is 0 Å². The molecule has 1 aliphatic rings. The number of hydrogen-bond donors (Lipinski definition) is 2. The van der Waals surface area contributed by atoms with Gasteiger partial charge in [0.15, 0.2) is 0 Å². The number of nitrogens with two attached hydrogens (primary N) is 1. The number of ether oxygens (including phenoxy) is 1. The Kier molecular flexibility index (Phi) is 4.44. The summed E-state index contributed by atoms with van der Waals surface area (Å²) in [7, 11) is 0. The zero-order valence-corrected chi connectivity index (χ0v) is 12.1. The van der Waals surface area contributed by atoms with Gasteiger partial charge >= 0.3 is 6.09 Å². The lowest BCUT2D eigenvalue weighted by Crippen LogP contribution is -2.53. The van der Waals surface area contributed by atoms with Crippen molar-refractivity contribution < 1.29 is 18.3 Å². The molecule has 1 atom stereocenters. The number of halogens is 2. The van der Waals surface area contributed by atoms with Gasteiger partial charge in [-0.2, -0.15) is 0 Å². The maximum atomic E-state index is 12.9. The monoisotopic (exact) mass is 278 g/mol. The number of rotatable bonds is 4. The van der Waals surface area contributed by atoms with Gasteiger partial charge in [0.2, 0.25) is 5.92 Å². The molecule has 112 valence electrons. The molecule has 0 radical (unpaired) electrons. The summed E-state index contributed by atoms with van der Waals surface area (Å²) < 4.78 is 31.0. The van der Waals surface area contributed by atoms with Gasteiger partial charge in [-0.3, -0.25) is 0 Å². The van der Waals surface area contributed by atoms with Crippen LogP contribution in [0.4, 0.5) is 13.6 Å². The van der Waals surface area contributed by atoms with E-state index in [4.69, 9.17) is 10.5 Å². The third kappa shape index (κ3) is 4.60. The standard InChI is InChI=1S/C13H24F2N2O2/c1-11(2,3)19-10(18)17-8-12(4,7-16)9-5-13(14,15)6-9/h9H,5-8,16H2,1-4H3,(H,17,18). The van der Waals surface area contributed by atoms with Gasteiger partial charge in [0.1, 0.15) is 5.60 Å². The lowest BCUT2D eigenvalue weighted by Gasteiger charge is -2.46. The third-order valence-electron chi connectivity index (χ3n) is 3.58. The summed E-state index contributed by atoms with van der Waals surface area (Å²) in [5, 5.41) is 2.62. The van der Waals surface area contributed by atoms with Gasteiger partial charge in [-0.15, -0.1) is 0 Å². The van der Waals surface area contributed by atoms with E-state index in [1.807, 2.05) is 6.92 Å². The summed E-state index contributed by atoms with van der Waals surface area (Å²) in [5.41, 5.74) is 4.59. The Balaban J connectivity index is 2.47. The van der Waals surface area contributed by atoms with Crippen LogP contribution in [-0.2, 0) is 4.74 Å². The Morgan fingerprint density at radius 3 is 2.26 bits per heavy atom. The molecule has 0 heterocycles. The zero-order valence-electron chi connectivity index (χ0n) is 12.1. The molecule has 0 bridgehead atoms. The summed E-state index contributed by atoms with van der Waals surface area (Å²) in [5.74, 6) is -2.74. The first-order valence-electron chi connectivity index (χ1n) is 6.52. The van der Waals surface area contributed by atoms with Crippen molar-refractivity contribution in [2.75, 3.05) is 13.1 Å². The van der Waals surface area contributed by atoms with Crippen molar-refractivity contribution >= 4 is 6.09 Å². The van der Waals surface area contributed by atoms with Gasteiger partial charge in [0.25, 0.3) is 0 Å². The minimum Gasteiger partial charge on any atom is -0.444 e. The van der Waals surface area contributed by atoms with Gasteiger partial charge in [0, 0.05) is 24.8 Å². The highest BCUT2D eigenvalue weighted by atomic mass is 19.3. The van der Waals surface area contributed by atoms with E-state index in [-0.39, 0.29) is 31.8 Å². The second kappa shape index (κ2) is 5.23. The Morgan fingerprint density at radius 1 is 1.37 bits per heavy atom. The Hall–Kier alpha value is -0.910. The maximum absolute atomic E-state index is 12.9. The van der Waals surface area contributed by atoms with E-state index in [2.05, 4.69) is 5.32 Å². The number of carbonyl (C=O) groups is 1. The van der Waals surface area contributed by atoms with Crippen molar-refractivity contribution in [3.05, 3.63) is 0 Å². The fourth-order valence-corrected chi connectivity index (χ4v) is 2.13. The van der Waals surface area contributed by atoms with Gasteiger partial charge in [-0.1, -0.05) is 6.92 Å². The molecule has 1 unspecified atom stereocenters. The van der Waals surface area contributed by atoms with Crippen molar-refractivity contribution in [2.24, 2.45) is 17.1 Å². The number of carbonyl (C=O) groups excluding carboxylic acids is 1. The number of amides is 1. The molecule has 6 heteroatoms. The van der Waals surface area contributed by atoms with Crippen LogP contribution in [0, 0.1) is 11.3 Å². The van der Waals surface area contributed by atoms with Gasteiger partial charge in [-0.05, 0) is 33.2 Å². The van der Waals surface area contributed by atoms with Gasteiger partial charge < -0.3 is 15.8 Å². The van der Waals surface area contributed by atoms with E-state index in [0.717, 1.165) is 0 Å². The van der Waals surface area contributed by atoms with E-state index < -0.39 is 23.0 Å². The summed E-state index contributed by atoms with van der Waals surface area (Å²) in [6.45, 7) is 7.62. The van der Waals surface area contributed by atoms with Crippen LogP contribution in [0.3, 0.4) is 0 Å². The molecule has 1 amide bonds. The number of alkyl carbamates (subject to hydrolysis) is 1. The molecule has 0 aromatic carbocycles. The normalized spacial score (nSPS) is 22.3. The number of nitrogens with one attached hydrogen (secondary N) is 1. The number of alkyl halides is 2. The van der Waals surface area contributed by atoms with Crippen LogP contribution >= 0.6 is 0 Å². The average molecular weight is 278 g/mol. The summed E-state index contributed by atoms with van der Waals surface area (Å²) in [6.07, 6.45) is -0.855. The van der Waals surface area contributed by atoms with Crippen molar-refractivity contribution in [2.45, 2.75) is 52.1 Å². The molecular weight excluding hydrogens is 254 g/mol. The molecule has 3 N–H and O–H groups in total. The van der Waals surface area contributed by atoms with Crippen LogP contribution < -0.4 is 11.1 Å². The minimum atomic E-state index is -2.58. The van der Waals surface area contributed by atoms with Crippen LogP contribution in [0.2, 0.25) is 0 Å². The van der Waals surface area contributed by atoms with E-state index in [0.29, 0.717) is 0 Å². The predicted molar refractivity (Wildman–Crippen MR) is 69.1 cm³/mol. The SMILES string of the molecule is CC(C)(C)OC(=O)NCC(C)(CN)C1CC(F)(F)C1. The molecule has 0 spiro atoms. The second-order valence-corrected chi connectivity index (χ2v) is 6.67. The minimum absolute atomic E-state index is 0.156.